The minimum atomic E-state index is 0.127. The van der Waals surface area contributed by atoms with Crippen molar-refractivity contribution in [2.24, 2.45) is 0 Å². The van der Waals surface area contributed by atoms with Gasteiger partial charge in [0.05, 0.1) is 13.3 Å². The van der Waals surface area contributed by atoms with E-state index in [0.717, 1.165) is 29.0 Å². The van der Waals surface area contributed by atoms with Gasteiger partial charge in [0, 0.05) is 24.9 Å². The van der Waals surface area contributed by atoms with E-state index in [2.05, 4.69) is 12.0 Å². The fourth-order valence-electron chi connectivity index (χ4n) is 1.98. The first-order chi connectivity index (χ1) is 8.78. The Morgan fingerprint density at radius 3 is 2.83 bits per heavy atom. The smallest absolute Gasteiger partial charge is 0.119 e. The summed E-state index contributed by atoms with van der Waals surface area (Å²) < 4.78 is 7.11. The van der Waals surface area contributed by atoms with Gasteiger partial charge in [-0.1, -0.05) is 6.07 Å². The number of aliphatic hydroxyl groups excluding tert-OH is 1. The van der Waals surface area contributed by atoms with Gasteiger partial charge in [-0.25, -0.2) is 0 Å². The Labute approximate surface area is 107 Å². The molecule has 0 aliphatic heterocycles. The standard InChI is InChI=1S/C14H18N2O2/c1-3-16-10-12(9-15-16)14-5-4-13(18-2)8-11(14)6-7-17/h4-5,8-10,17H,3,6-7H2,1-2H3. The lowest BCUT2D eigenvalue weighted by atomic mass is 10.00. The van der Waals surface area contributed by atoms with Crippen molar-refractivity contribution in [3.05, 3.63) is 36.2 Å². The van der Waals surface area contributed by atoms with Crippen LogP contribution in [0.25, 0.3) is 11.1 Å². The monoisotopic (exact) mass is 246 g/mol. The van der Waals surface area contributed by atoms with E-state index in [1.54, 1.807) is 7.11 Å². The first-order valence-corrected chi connectivity index (χ1v) is 6.09. The fraction of sp³-hybridized carbons (Fsp3) is 0.357. The van der Waals surface area contributed by atoms with Crippen LogP contribution in [0.1, 0.15) is 12.5 Å². The third-order valence-corrected chi connectivity index (χ3v) is 2.96. The summed E-state index contributed by atoms with van der Waals surface area (Å²) in [5, 5.41) is 13.4. The topological polar surface area (TPSA) is 47.3 Å². The number of methoxy groups -OCH3 is 1. The molecule has 0 unspecified atom stereocenters. The summed E-state index contributed by atoms with van der Waals surface area (Å²) >= 11 is 0. The minimum Gasteiger partial charge on any atom is -0.497 e. The Kier molecular flexibility index (Phi) is 3.99. The van der Waals surface area contributed by atoms with Crippen LogP contribution in [-0.4, -0.2) is 28.6 Å². The molecule has 0 saturated carbocycles. The molecule has 0 aliphatic carbocycles. The lowest BCUT2D eigenvalue weighted by Crippen LogP contribution is -1.96. The van der Waals surface area contributed by atoms with Crippen molar-refractivity contribution >= 4 is 0 Å². The summed E-state index contributed by atoms with van der Waals surface area (Å²) in [6.07, 6.45) is 4.48. The number of rotatable bonds is 5. The Morgan fingerprint density at radius 2 is 2.22 bits per heavy atom. The van der Waals surface area contributed by atoms with Gasteiger partial charge < -0.3 is 9.84 Å². The van der Waals surface area contributed by atoms with Gasteiger partial charge in [0.15, 0.2) is 0 Å². The largest absolute Gasteiger partial charge is 0.497 e. The molecule has 1 N–H and O–H groups in total. The average Bonchev–Trinajstić information content (AvgIpc) is 2.87. The molecule has 1 aromatic carbocycles. The molecule has 2 aromatic rings. The second-order valence-corrected chi connectivity index (χ2v) is 4.08. The van der Waals surface area contributed by atoms with Crippen LogP contribution in [0.15, 0.2) is 30.6 Å². The first-order valence-electron chi connectivity index (χ1n) is 6.09. The zero-order valence-corrected chi connectivity index (χ0v) is 10.8. The number of benzene rings is 1. The van der Waals surface area contributed by atoms with Gasteiger partial charge >= 0.3 is 0 Å². The van der Waals surface area contributed by atoms with E-state index in [9.17, 15) is 0 Å². The number of ether oxygens (including phenoxy) is 1. The van der Waals surface area contributed by atoms with Crippen molar-refractivity contribution in [1.29, 1.82) is 0 Å². The van der Waals surface area contributed by atoms with Gasteiger partial charge in [0.1, 0.15) is 5.75 Å². The third-order valence-electron chi connectivity index (χ3n) is 2.96. The van der Waals surface area contributed by atoms with Gasteiger partial charge in [-0.15, -0.1) is 0 Å². The van der Waals surface area contributed by atoms with Gasteiger partial charge in [0.25, 0.3) is 0 Å². The Morgan fingerprint density at radius 1 is 1.39 bits per heavy atom. The number of nitrogens with zero attached hydrogens (tertiary/aromatic N) is 2. The molecule has 0 spiro atoms. The van der Waals surface area contributed by atoms with Crippen LogP contribution in [0.4, 0.5) is 0 Å². The summed E-state index contributed by atoms with van der Waals surface area (Å²) in [7, 11) is 1.65. The molecule has 2 rings (SSSR count). The minimum absolute atomic E-state index is 0.127. The number of hydrogen-bond donors (Lipinski definition) is 1. The van der Waals surface area contributed by atoms with Gasteiger partial charge in [-0.3, -0.25) is 4.68 Å². The SMILES string of the molecule is CCn1cc(-c2ccc(OC)cc2CCO)cn1. The van der Waals surface area contributed by atoms with Crippen LogP contribution in [-0.2, 0) is 13.0 Å². The van der Waals surface area contributed by atoms with E-state index in [0.29, 0.717) is 6.42 Å². The highest BCUT2D eigenvalue weighted by Gasteiger charge is 2.08. The van der Waals surface area contributed by atoms with Gasteiger partial charge in [-0.05, 0) is 36.6 Å². The van der Waals surface area contributed by atoms with Crippen LogP contribution in [0.2, 0.25) is 0 Å². The highest BCUT2D eigenvalue weighted by molar-refractivity contribution is 5.67. The predicted molar refractivity (Wildman–Crippen MR) is 70.7 cm³/mol. The molecule has 0 fully saturated rings. The molecule has 96 valence electrons. The summed E-state index contributed by atoms with van der Waals surface area (Å²) in [5.74, 6) is 0.810. The molecule has 0 radical (unpaired) electrons. The summed E-state index contributed by atoms with van der Waals surface area (Å²) in [6, 6.07) is 5.91. The summed E-state index contributed by atoms with van der Waals surface area (Å²) in [4.78, 5) is 0. The van der Waals surface area contributed by atoms with E-state index in [1.807, 2.05) is 35.3 Å². The van der Waals surface area contributed by atoms with Crippen molar-refractivity contribution in [3.63, 3.8) is 0 Å². The van der Waals surface area contributed by atoms with Crippen molar-refractivity contribution < 1.29 is 9.84 Å². The van der Waals surface area contributed by atoms with E-state index in [-0.39, 0.29) is 6.61 Å². The molecule has 0 amide bonds. The lowest BCUT2D eigenvalue weighted by Gasteiger charge is -2.09. The molecule has 4 heteroatoms. The molecule has 1 heterocycles. The van der Waals surface area contributed by atoms with E-state index < -0.39 is 0 Å². The molecule has 4 nitrogen and oxygen atoms in total. The van der Waals surface area contributed by atoms with Crippen molar-refractivity contribution in [2.45, 2.75) is 19.9 Å². The molecule has 0 aliphatic rings. The molecule has 18 heavy (non-hydrogen) atoms. The highest BCUT2D eigenvalue weighted by atomic mass is 16.5. The maximum Gasteiger partial charge on any atom is 0.119 e. The quantitative estimate of drug-likeness (QED) is 0.879. The number of aryl methyl sites for hydroxylation is 1. The van der Waals surface area contributed by atoms with E-state index in [4.69, 9.17) is 9.84 Å². The maximum atomic E-state index is 9.14. The number of aliphatic hydroxyl groups is 1. The van der Waals surface area contributed by atoms with E-state index >= 15 is 0 Å². The zero-order valence-electron chi connectivity index (χ0n) is 10.8. The van der Waals surface area contributed by atoms with Gasteiger partial charge in [0.2, 0.25) is 0 Å². The molecule has 0 bridgehead atoms. The molecular weight excluding hydrogens is 228 g/mol. The first kappa shape index (κ1) is 12.6. The van der Waals surface area contributed by atoms with Crippen molar-refractivity contribution in [2.75, 3.05) is 13.7 Å². The lowest BCUT2D eigenvalue weighted by molar-refractivity contribution is 0.299. The van der Waals surface area contributed by atoms with Crippen LogP contribution >= 0.6 is 0 Å². The number of hydrogen-bond acceptors (Lipinski definition) is 3. The van der Waals surface area contributed by atoms with E-state index in [1.165, 1.54) is 0 Å². The number of aromatic nitrogens is 2. The Bertz CT molecular complexity index is 520. The van der Waals surface area contributed by atoms with Crippen molar-refractivity contribution in [1.82, 2.24) is 9.78 Å². The molecule has 0 atom stereocenters. The van der Waals surface area contributed by atoms with Crippen LogP contribution in [0, 0.1) is 0 Å². The normalized spacial score (nSPS) is 10.6. The maximum absolute atomic E-state index is 9.14. The summed E-state index contributed by atoms with van der Waals surface area (Å²) in [5.41, 5.74) is 3.25. The fourth-order valence-corrected chi connectivity index (χ4v) is 1.98. The average molecular weight is 246 g/mol. The van der Waals surface area contributed by atoms with Gasteiger partial charge in [-0.2, -0.15) is 5.10 Å². The summed E-state index contributed by atoms with van der Waals surface area (Å²) in [6.45, 7) is 3.03. The second-order valence-electron chi connectivity index (χ2n) is 4.08. The van der Waals surface area contributed by atoms with Crippen LogP contribution < -0.4 is 4.74 Å². The molecule has 0 saturated heterocycles. The van der Waals surface area contributed by atoms with Crippen LogP contribution in [0.3, 0.4) is 0 Å². The Balaban J connectivity index is 2.41. The second kappa shape index (κ2) is 5.69. The predicted octanol–water partition coefficient (Wildman–Crippen LogP) is 2.11. The van der Waals surface area contributed by atoms with Crippen molar-refractivity contribution in [3.8, 4) is 16.9 Å². The highest BCUT2D eigenvalue weighted by Crippen LogP contribution is 2.27. The van der Waals surface area contributed by atoms with Crippen LogP contribution in [0.5, 0.6) is 5.75 Å². The third kappa shape index (κ3) is 2.54. The Hall–Kier alpha value is -1.81. The zero-order chi connectivity index (χ0) is 13.0. The molecular formula is C14H18N2O2. The molecule has 1 aromatic heterocycles.